The van der Waals surface area contributed by atoms with E-state index in [0.717, 1.165) is 44.0 Å². The lowest BCUT2D eigenvalue weighted by atomic mass is 10.1. The largest absolute Gasteiger partial charge is 0.497 e. The van der Waals surface area contributed by atoms with Gasteiger partial charge in [-0.2, -0.15) is 0 Å². The second-order valence-corrected chi connectivity index (χ2v) is 6.37. The Kier molecular flexibility index (Phi) is 4.88. The van der Waals surface area contributed by atoms with Crippen molar-refractivity contribution >= 4 is 5.91 Å². The minimum atomic E-state index is 0.0884. The van der Waals surface area contributed by atoms with Crippen LogP contribution in [-0.4, -0.2) is 40.6 Å². The molecule has 1 aromatic carbocycles. The zero-order chi connectivity index (χ0) is 17.1. The normalized spacial score (nSPS) is 17.3. The number of nitrogens with zero attached hydrogens (tertiary/aromatic N) is 3. The van der Waals surface area contributed by atoms with Gasteiger partial charge >= 0.3 is 0 Å². The number of aryl methyl sites for hydroxylation is 1. The van der Waals surface area contributed by atoms with Crippen LogP contribution in [-0.2, 0) is 6.54 Å². The van der Waals surface area contributed by atoms with Crippen molar-refractivity contribution in [2.75, 3.05) is 20.2 Å². The predicted octanol–water partition coefficient (Wildman–Crippen LogP) is 3.24. The molecular formula is C19H25N3O2. The number of benzene rings is 1. The van der Waals surface area contributed by atoms with Crippen molar-refractivity contribution in [1.29, 1.82) is 0 Å². The van der Waals surface area contributed by atoms with Crippen molar-refractivity contribution < 1.29 is 9.53 Å². The average Bonchev–Trinajstić information content (AvgIpc) is 3.22. The fourth-order valence-electron chi connectivity index (χ4n) is 3.39. The number of likely N-dealkylation sites (tertiary alicyclic amines) is 1. The smallest absolute Gasteiger partial charge is 0.253 e. The summed E-state index contributed by atoms with van der Waals surface area (Å²) in [5.74, 6) is 2.31. The molecule has 24 heavy (non-hydrogen) atoms. The minimum absolute atomic E-state index is 0.0884. The van der Waals surface area contributed by atoms with E-state index in [0.29, 0.717) is 11.5 Å². The van der Waals surface area contributed by atoms with E-state index in [-0.39, 0.29) is 5.91 Å². The molecule has 0 aliphatic carbocycles. The summed E-state index contributed by atoms with van der Waals surface area (Å²) in [6.07, 6.45) is 4.01. The summed E-state index contributed by atoms with van der Waals surface area (Å²) in [6.45, 7) is 6.79. The van der Waals surface area contributed by atoms with Crippen LogP contribution in [0.2, 0.25) is 0 Å². The number of methoxy groups -OCH3 is 1. The zero-order valence-corrected chi connectivity index (χ0v) is 14.7. The molecule has 0 bridgehead atoms. The van der Waals surface area contributed by atoms with E-state index in [1.54, 1.807) is 7.11 Å². The van der Waals surface area contributed by atoms with Crippen LogP contribution < -0.4 is 4.74 Å². The SMILES string of the molecule is CCCn1c(C)cnc1C1CCN(C(=O)c2ccc(OC)cc2)C1. The molecule has 0 spiro atoms. The first-order chi connectivity index (χ1) is 11.6. The van der Waals surface area contributed by atoms with Gasteiger partial charge in [-0.3, -0.25) is 4.79 Å². The summed E-state index contributed by atoms with van der Waals surface area (Å²) in [7, 11) is 1.63. The first-order valence-electron chi connectivity index (χ1n) is 8.59. The minimum Gasteiger partial charge on any atom is -0.497 e. The Morgan fingerprint density at radius 3 is 2.75 bits per heavy atom. The van der Waals surface area contributed by atoms with Gasteiger partial charge in [0, 0.05) is 43.0 Å². The van der Waals surface area contributed by atoms with Gasteiger partial charge in [-0.05, 0) is 44.0 Å². The Balaban J connectivity index is 1.71. The molecule has 1 aliphatic heterocycles. The van der Waals surface area contributed by atoms with Crippen LogP contribution in [0.15, 0.2) is 30.5 Å². The van der Waals surface area contributed by atoms with Gasteiger partial charge in [-0.15, -0.1) is 0 Å². The van der Waals surface area contributed by atoms with E-state index in [9.17, 15) is 4.79 Å². The molecule has 128 valence electrons. The molecule has 1 amide bonds. The summed E-state index contributed by atoms with van der Waals surface area (Å²) >= 11 is 0. The maximum Gasteiger partial charge on any atom is 0.253 e. The van der Waals surface area contributed by atoms with E-state index >= 15 is 0 Å². The van der Waals surface area contributed by atoms with Gasteiger partial charge in [0.25, 0.3) is 5.91 Å². The first kappa shape index (κ1) is 16.6. The van der Waals surface area contributed by atoms with Crippen molar-refractivity contribution in [1.82, 2.24) is 14.5 Å². The highest BCUT2D eigenvalue weighted by molar-refractivity contribution is 5.94. The van der Waals surface area contributed by atoms with Gasteiger partial charge < -0.3 is 14.2 Å². The molecule has 0 radical (unpaired) electrons. The Morgan fingerprint density at radius 1 is 1.33 bits per heavy atom. The van der Waals surface area contributed by atoms with Gasteiger partial charge in [-0.25, -0.2) is 4.98 Å². The number of amides is 1. The van der Waals surface area contributed by atoms with Crippen molar-refractivity contribution in [3.8, 4) is 5.75 Å². The third-order valence-corrected chi connectivity index (χ3v) is 4.71. The van der Waals surface area contributed by atoms with Gasteiger partial charge in [-0.1, -0.05) is 6.92 Å². The molecule has 1 aliphatic rings. The molecule has 2 heterocycles. The maximum absolute atomic E-state index is 12.7. The van der Waals surface area contributed by atoms with Crippen LogP contribution >= 0.6 is 0 Å². The summed E-state index contributed by atoms with van der Waals surface area (Å²) in [5.41, 5.74) is 1.91. The van der Waals surface area contributed by atoms with Crippen LogP contribution in [0.25, 0.3) is 0 Å². The second-order valence-electron chi connectivity index (χ2n) is 6.37. The Bertz CT molecular complexity index is 706. The highest BCUT2D eigenvalue weighted by Gasteiger charge is 2.30. The second kappa shape index (κ2) is 7.07. The highest BCUT2D eigenvalue weighted by Crippen LogP contribution is 2.28. The fourth-order valence-corrected chi connectivity index (χ4v) is 3.39. The monoisotopic (exact) mass is 327 g/mol. The quantitative estimate of drug-likeness (QED) is 0.847. The van der Waals surface area contributed by atoms with Gasteiger partial charge in [0.15, 0.2) is 0 Å². The van der Waals surface area contributed by atoms with Crippen molar-refractivity contribution in [2.45, 2.75) is 39.2 Å². The molecule has 1 saturated heterocycles. The van der Waals surface area contributed by atoms with Crippen molar-refractivity contribution in [3.63, 3.8) is 0 Å². The molecule has 1 fully saturated rings. The first-order valence-corrected chi connectivity index (χ1v) is 8.59. The molecule has 1 unspecified atom stereocenters. The van der Waals surface area contributed by atoms with Crippen molar-refractivity contribution in [2.24, 2.45) is 0 Å². The van der Waals surface area contributed by atoms with Crippen LogP contribution in [0.3, 0.4) is 0 Å². The lowest BCUT2D eigenvalue weighted by Gasteiger charge is -2.17. The zero-order valence-electron chi connectivity index (χ0n) is 14.7. The number of ether oxygens (including phenoxy) is 1. The van der Waals surface area contributed by atoms with Crippen LogP contribution in [0.1, 0.15) is 47.6 Å². The van der Waals surface area contributed by atoms with E-state index in [1.165, 1.54) is 5.69 Å². The standard InChI is InChI=1S/C19H25N3O2/c1-4-10-22-14(2)12-20-18(22)16-9-11-21(13-16)19(23)15-5-7-17(24-3)8-6-15/h5-8,12,16H,4,9-11,13H2,1-3H3. The lowest BCUT2D eigenvalue weighted by Crippen LogP contribution is -2.28. The van der Waals surface area contributed by atoms with Gasteiger partial charge in [0.05, 0.1) is 7.11 Å². The fraction of sp³-hybridized carbons (Fsp3) is 0.474. The predicted molar refractivity (Wildman–Crippen MR) is 93.5 cm³/mol. The highest BCUT2D eigenvalue weighted by atomic mass is 16.5. The van der Waals surface area contributed by atoms with E-state index in [1.807, 2.05) is 35.4 Å². The topological polar surface area (TPSA) is 47.4 Å². The Morgan fingerprint density at radius 2 is 2.08 bits per heavy atom. The molecule has 0 N–H and O–H groups in total. The van der Waals surface area contributed by atoms with Crippen LogP contribution in [0.4, 0.5) is 0 Å². The van der Waals surface area contributed by atoms with E-state index in [4.69, 9.17) is 4.74 Å². The summed E-state index contributed by atoms with van der Waals surface area (Å²) in [6, 6.07) is 7.32. The summed E-state index contributed by atoms with van der Waals surface area (Å²) < 4.78 is 7.45. The summed E-state index contributed by atoms with van der Waals surface area (Å²) in [5, 5.41) is 0. The number of carbonyl (C=O) groups excluding carboxylic acids is 1. The number of aromatic nitrogens is 2. The van der Waals surface area contributed by atoms with Gasteiger partial charge in [0.1, 0.15) is 11.6 Å². The average molecular weight is 327 g/mol. The number of hydrogen-bond acceptors (Lipinski definition) is 3. The van der Waals surface area contributed by atoms with E-state index < -0.39 is 0 Å². The number of rotatable bonds is 5. The number of hydrogen-bond donors (Lipinski definition) is 0. The molecule has 1 aromatic heterocycles. The molecule has 1 atom stereocenters. The molecule has 0 saturated carbocycles. The third kappa shape index (κ3) is 3.16. The molecular weight excluding hydrogens is 302 g/mol. The van der Waals surface area contributed by atoms with Gasteiger partial charge in [0.2, 0.25) is 0 Å². The molecule has 5 nitrogen and oxygen atoms in total. The van der Waals surface area contributed by atoms with Crippen LogP contribution in [0.5, 0.6) is 5.75 Å². The van der Waals surface area contributed by atoms with E-state index in [2.05, 4.69) is 23.4 Å². The number of carbonyl (C=O) groups is 1. The Labute approximate surface area is 143 Å². The Hall–Kier alpha value is -2.30. The number of imidazole rings is 1. The third-order valence-electron chi connectivity index (χ3n) is 4.71. The summed E-state index contributed by atoms with van der Waals surface area (Å²) in [4.78, 5) is 19.2. The van der Waals surface area contributed by atoms with Crippen molar-refractivity contribution in [3.05, 3.63) is 47.5 Å². The molecule has 2 aromatic rings. The maximum atomic E-state index is 12.7. The molecule has 3 rings (SSSR count). The molecule has 5 heteroatoms. The van der Waals surface area contributed by atoms with Crippen LogP contribution in [0, 0.1) is 6.92 Å². The lowest BCUT2D eigenvalue weighted by molar-refractivity contribution is 0.0790.